The Morgan fingerprint density at radius 2 is 1.83 bits per heavy atom. The molecule has 0 aliphatic heterocycles. The SMILES string of the molecule is CC/C=C\CCOC(=O)/C=C/C=C\CCCCC. The van der Waals surface area contributed by atoms with Crippen molar-refractivity contribution in [2.75, 3.05) is 6.61 Å². The van der Waals surface area contributed by atoms with E-state index in [9.17, 15) is 4.79 Å². The van der Waals surface area contributed by atoms with E-state index in [2.05, 4.69) is 26.0 Å². The Balaban J connectivity index is 3.52. The smallest absolute Gasteiger partial charge is 0.330 e. The second-order valence-electron chi connectivity index (χ2n) is 4.12. The number of hydrogen-bond acceptors (Lipinski definition) is 2. The second kappa shape index (κ2) is 13.8. The molecule has 0 aromatic heterocycles. The zero-order valence-corrected chi connectivity index (χ0v) is 11.7. The van der Waals surface area contributed by atoms with Crippen LogP contribution in [0.2, 0.25) is 0 Å². The van der Waals surface area contributed by atoms with Crippen molar-refractivity contribution in [1.82, 2.24) is 0 Å². The first-order valence-corrected chi connectivity index (χ1v) is 6.96. The first kappa shape index (κ1) is 16.7. The maximum Gasteiger partial charge on any atom is 0.330 e. The van der Waals surface area contributed by atoms with Crippen molar-refractivity contribution in [1.29, 1.82) is 0 Å². The van der Waals surface area contributed by atoms with E-state index in [4.69, 9.17) is 4.74 Å². The molecule has 0 radical (unpaired) electrons. The second-order valence-corrected chi connectivity index (χ2v) is 4.12. The Hall–Kier alpha value is -1.31. The normalized spacial score (nSPS) is 11.9. The number of carbonyl (C=O) groups is 1. The molecule has 0 saturated heterocycles. The molecule has 0 bridgehead atoms. The highest BCUT2D eigenvalue weighted by atomic mass is 16.5. The number of carbonyl (C=O) groups excluding carboxylic acids is 1. The number of esters is 1. The summed E-state index contributed by atoms with van der Waals surface area (Å²) in [4.78, 5) is 11.2. The van der Waals surface area contributed by atoms with Gasteiger partial charge in [0.25, 0.3) is 0 Å². The lowest BCUT2D eigenvalue weighted by atomic mass is 10.2. The molecule has 0 aromatic rings. The van der Waals surface area contributed by atoms with Gasteiger partial charge in [-0.05, 0) is 25.7 Å². The third-order valence-electron chi connectivity index (χ3n) is 2.39. The summed E-state index contributed by atoms with van der Waals surface area (Å²) >= 11 is 0. The van der Waals surface area contributed by atoms with Gasteiger partial charge < -0.3 is 4.74 Å². The Labute approximate surface area is 111 Å². The summed E-state index contributed by atoms with van der Waals surface area (Å²) in [5.41, 5.74) is 0. The lowest BCUT2D eigenvalue weighted by molar-refractivity contribution is -0.137. The molecule has 0 fully saturated rings. The van der Waals surface area contributed by atoms with Gasteiger partial charge in [-0.25, -0.2) is 4.79 Å². The predicted molar refractivity (Wildman–Crippen MR) is 77.4 cm³/mol. The summed E-state index contributed by atoms with van der Waals surface area (Å²) in [6, 6.07) is 0. The standard InChI is InChI=1S/C16H26O2/c1-3-5-7-9-10-11-12-14-16(17)18-15-13-8-6-4-2/h6,8,10-12,14H,3-5,7,9,13,15H2,1-2H3/b8-6-,11-10-,14-12+. The lowest BCUT2D eigenvalue weighted by Gasteiger charge is -1.97. The van der Waals surface area contributed by atoms with E-state index in [0.29, 0.717) is 6.61 Å². The van der Waals surface area contributed by atoms with Gasteiger partial charge in [0.2, 0.25) is 0 Å². The summed E-state index contributed by atoms with van der Waals surface area (Å²) in [5, 5.41) is 0. The van der Waals surface area contributed by atoms with Crippen molar-refractivity contribution in [3.05, 3.63) is 36.5 Å². The van der Waals surface area contributed by atoms with Gasteiger partial charge in [0.05, 0.1) is 6.61 Å². The average Bonchev–Trinajstić information content (AvgIpc) is 2.37. The first-order chi connectivity index (χ1) is 8.81. The Morgan fingerprint density at radius 3 is 2.56 bits per heavy atom. The monoisotopic (exact) mass is 250 g/mol. The van der Waals surface area contributed by atoms with Gasteiger partial charge in [0.15, 0.2) is 0 Å². The molecular formula is C16H26O2. The van der Waals surface area contributed by atoms with E-state index >= 15 is 0 Å². The van der Waals surface area contributed by atoms with E-state index in [1.165, 1.54) is 25.3 Å². The molecule has 0 unspecified atom stereocenters. The van der Waals surface area contributed by atoms with Gasteiger partial charge in [-0.15, -0.1) is 0 Å². The van der Waals surface area contributed by atoms with Crippen LogP contribution in [0.3, 0.4) is 0 Å². The number of unbranched alkanes of at least 4 members (excludes halogenated alkanes) is 3. The summed E-state index contributed by atoms with van der Waals surface area (Å²) in [7, 11) is 0. The average molecular weight is 250 g/mol. The van der Waals surface area contributed by atoms with Crippen molar-refractivity contribution in [3.63, 3.8) is 0 Å². The molecule has 0 spiro atoms. The molecule has 102 valence electrons. The molecule has 0 rings (SSSR count). The minimum absolute atomic E-state index is 0.266. The van der Waals surface area contributed by atoms with E-state index in [-0.39, 0.29) is 5.97 Å². The van der Waals surface area contributed by atoms with Crippen LogP contribution in [0, 0.1) is 0 Å². The van der Waals surface area contributed by atoms with Gasteiger partial charge in [0.1, 0.15) is 0 Å². The number of allylic oxidation sites excluding steroid dienone is 4. The highest BCUT2D eigenvalue weighted by Crippen LogP contribution is 1.99. The van der Waals surface area contributed by atoms with Gasteiger partial charge in [-0.3, -0.25) is 0 Å². The number of hydrogen-bond donors (Lipinski definition) is 0. The molecule has 0 atom stereocenters. The van der Waals surface area contributed by atoms with Gasteiger partial charge in [-0.2, -0.15) is 0 Å². The zero-order chi connectivity index (χ0) is 13.5. The van der Waals surface area contributed by atoms with Crippen LogP contribution >= 0.6 is 0 Å². The van der Waals surface area contributed by atoms with Crippen LogP contribution in [0.1, 0.15) is 52.4 Å². The van der Waals surface area contributed by atoms with Crippen molar-refractivity contribution in [3.8, 4) is 0 Å². The van der Waals surface area contributed by atoms with Gasteiger partial charge in [0, 0.05) is 6.08 Å². The molecule has 2 heteroatoms. The quantitative estimate of drug-likeness (QED) is 0.186. The summed E-state index contributed by atoms with van der Waals surface area (Å²) < 4.78 is 5.02. The molecule has 2 nitrogen and oxygen atoms in total. The minimum Gasteiger partial charge on any atom is -0.462 e. The van der Waals surface area contributed by atoms with Crippen LogP contribution in [-0.2, 0) is 9.53 Å². The largest absolute Gasteiger partial charge is 0.462 e. The molecule has 0 saturated carbocycles. The fraction of sp³-hybridized carbons (Fsp3) is 0.562. The molecule has 0 aliphatic carbocycles. The van der Waals surface area contributed by atoms with Crippen LogP contribution < -0.4 is 0 Å². The van der Waals surface area contributed by atoms with E-state index in [1.54, 1.807) is 6.08 Å². The highest BCUT2D eigenvalue weighted by molar-refractivity contribution is 5.82. The van der Waals surface area contributed by atoms with Crippen molar-refractivity contribution in [2.45, 2.75) is 52.4 Å². The van der Waals surface area contributed by atoms with Crippen LogP contribution in [0.25, 0.3) is 0 Å². The summed E-state index contributed by atoms with van der Waals surface area (Å²) in [5.74, 6) is -0.266. The maximum absolute atomic E-state index is 11.2. The number of rotatable bonds is 10. The Bertz CT molecular complexity index is 275. The topological polar surface area (TPSA) is 26.3 Å². The highest BCUT2D eigenvalue weighted by Gasteiger charge is 1.93. The number of ether oxygens (including phenoxy) is 1. The Morgan fingerprint density at radius 1 is 1.00 bits per heavy atom. The first-order valence-electron chi connectivity index (χ1n) is 6.96. The molecule has 0 aliphatic rings. The van der Waals surface area contributed by atoms with E-state index in [0.717, 1.165) is 19.3 Å². The van der Waals surface area contributed by atoms with Crippen LogP contribution in [0.5, 0.6) is 0 Å². The third-order valence-corrected chi connectivity index (χ3v) is 2.39. The minimum atomic E-state index is -0.266. The molecule has 0 amide bonds. The fourth-order valence-electron chi connectivity index (χ4n) is 1.38. The van der Waals surface area contributed by atoms with E-state index < -0.39 is 0 Å². The van der Waals surface area contributed by atoms with Gasteiger partial charge in [-0.1, -0.05) is 57.1 Å². The van der Waals surface area contributed by atoms with E-state index in [1.807, 2.05) is 12.2 Å². The van der Waals surface area contributed by atoms with Crippen LogP contribution in [-0.4, -0.2) is 12.6 Å². The van der Waals surface area contributed by atoms with Crippen molar-refractivity contribution >= 4 is 5.97 Å². The maximum atomic E-state index is 11.2. The van der Waals surface area contributed by atoms with Gasteiger partial charge >= 0.3 is 5.97 Å². The van der Waals surface area contributed by atoms with Crippen molar-refractivity contribution < 1.29 is 9.53 Å². The Kier molecular flexibility index (Phi) is 12.8. The fourth-order valence-corrected chi connectivity index (χ4v) is 1.38. The van der Waals surface area contributed by atoms with Crippen molar-refractivity contribution in [2.24, 2.45) is 0 Å². The molecule has 0 heterocycles. The summed E-state index contributed by atoms with van der Waals surface area (Å²) in [6.45, 7) is 4.73. The zero-order valence-electron chi connectivity index (χ0n) is 11.7. The molecular weight excluding hydrogens is 224 g/mol. The summed E-state index contributed by atoms with van der Waals surface area (Å²) in [6.07, 6.45) is 17.9. The molecule has 0 N–H and O–H groups in total. The van der Waals surface area contributed by atoms with Crippen LogP contribution in [0.15, 0.2) is 36.5 Å². The lowest BCUT2D eigenvalue weighted by Crippen LogP contribution is -2.00. The third kappa shape index (κ3) is 12.8. The molecule has 0 aromatic carbocycles. The molecule has 18 heavy (non-hydrogen) atoms. The van der Waals surface area contributed by atoms with Crippen LogP contribution in [0.4, 0.5) is 0 Å². The predicted octanol–water partition coefficient (Wildman–Crippen LogP) is 4.58.